The Morgan fingerprint density at radius 1 is 1.28 bits per heavy atom. The fourth-order valence-electron chi connectivity index (χ4n) is 2.23. The highest BCUT2D eigenvalue weighted by Crippen LogP contribution is 2.16. The maximum absolute atomic E-state index is 12.3. The van der Waals surface area contributed by atoms with Crippen LogP contribution in [0.3, 0.4) is 0 Å². The highest BCUT2D eigenvalue weighted by atomic mass is 32.2. The zero-order valence-electron chi connectivity index (χ0n) is 14.2. The lowest BCUT2D eigenvalue weighted by atomic mass is 10.1. The minimum atomic E-state index is -3.69. The van der Waals surface area contributed by atoms with Gasteiger partial charge in [0.1, 0.15) is 5.56 Å². The van der Waals surface area contributed by atoms with Gasteiger partial charge in [-0.05, 0) is 38.0 Å². The SMILES string of the molecule is CCOc1nn(CC)cc1C(=O)NCCc1ccc(S(N)(=O)=O)cc1. The molecule has 136 valence electrons. The Morgan fingerprint density at radius 3 is 2.52 bits per heavy atom. The molecule has 0 aliphatic rings. The van der Waals surface area contributed by atoms with Crippen molar-refractivity contribution in [1.82, 2.24) is 15.1 Å². The predicted molar refractivity (Wildman–Crippen MR) is 92.9 cm³/mol. The topological polar surface area (TPSA) is 116 Å². The van der Waals surface area contributed by atoms with Crippen LogP contribution < -0.4 is 15.2 Å². The first-order valence-electron chi connectivity index (χ1n) is 7.95. The van der Waals surface area contributed by atoms with E-state index in [-0.39, 0.29) is 10.8 Å². The molecule has 0 atom stereocenters. The van der Waals surface area contributed by atoms with Gasteiger partial charge < -0.3 is 10.1 Å². The summed E-state index contributed by atoms with van der Waals surface area (Å²) < 4.78 is 29.5. The first-order chi connectivity index (χ1) is 11.8. The zero-order chi connectivity index (χ0) is 18.4. The van der Waals surface area contributed by atoms with Gasteiger partial charge in [-0.1, -0.05) is 12.1 Å². The molecule has 0 saturated carbocycles. The lowest BCUT2D eigenvalue weighted by Crippen LogP contribution is -2.26. The first-order valence-corrected chi connectivity index (χ1v) is 9.50. The van der Waals surface area contributed by atoms with Gasteiger partial charge >= 0.3 is 0 Å². The van der Waals surface area contributed by atoms with Crippen LogP contribution in [-0.4, -0.2) is 37.3 Å². The van der Waals surface area contributed by atoms with Gasteiger partial charge in [-0.15, -0.1) is 5.10 Å². The van der Waals surface area contributed by atoms with Crippen molar-refractivity contribution in [2.45, 2.75) is 31.7 Å². The Morgan fingerprint density at radius 2 is 1.96 bits per heavy atom. The van der Waals surface area contributed by atoms with Crippen molar-refractivity contribution in [2.24, 2.45) is 5.14 Å². The molecule has 1 heterocycles. The summed E-state index contributed by atoms with van der Waals surface area (Å²) in [4.78, 5) is 12.4. The van der Waals surface area contributed by atoms with Crippen LogP contribution in [0.2, 0.25) is 0 Å². The van der Waals surface area contributed by atoms with Crippen molar-refractivity contribution in [1.29, 1.82) is 0 Å². The van der Waals surface area contributed by atoms with E-state index >= 15 is 0 Å². The molecule has 0 aliphatic heterocycles. The molecule has 1 amide bonds. The summed E-state index contributed by atoms with van der Waals surface area (Å²) in [7, 11) is -3.69. The van der Waals surface area contributed by atoms with Gasteiger partial charge in [-0.3, -0.25) is 9.48 Å². The van der Waals surface area contributed by atoms with Crippen LogP contribution in [0.4, 0.5) is 0 Å². The van der Waals surface area contributed by atoms with Crippen LogP contribution in [-0.2, 0) is 23.0 Å². The summed E-state index contributed by atoms with van der Waals surface area (Å²) in [5.41, 5.74) is 1.29. The van der Waals surface area contributed by atoms with E-state index in [9.17, 15) is 13.2 Å². The molecule has 3 N–H and O–H groups in total. The molecular weight excluding hydrogens is 344 g/mol. The molecule has 8 nitrogen and oxygen atoms in total. The normalized spacial score (nSPS) is 11.3. The lowest BCUT2D eigenvalue weighted by Gasteiger charge is -2.06. The van der Waals surface area contributed by atoms with Gasteiger partial charge in [-0.2, -0.15) is 0 Å². The first kappa shape index (κ1) is 18.9. The molecule has 0 radical (unpaired) electrons. The largest absolute Gasteiger partial charge is 0.476 e. The fraction of sp³-hybridized carbons (Fsp3) is 0.375. The monoisotopic (exact) mass is 366 g/mol. The number of aryl methyl sites for hydroxylation is 1. The Labute approximate surface area is 147 Å². The van der Waals surface area contributed by atoms with E-state index in [4.69, 9.17) is 9.88 Å². The maximum atomic E-state index is 12.3. The average molecular weight is 366 g/mol. The number of nitrogens with zero attached hydrogens (tertiary/aromatic N) is 2. The second kappa shape index (κ2) is 8.13. The summed E-state index contributed by atoms with van der Waals surface area (Å²) in [5.74, 6) is 0.0589. The van der Waals surface area contributed by atoms with Crippen LogP contribution in [0.15, 0.2) is 35.4 Å². The summed E-state index contributed by atoms with van der Waals surface area (Å²) in [6.45, 7) is 5.23. The Balaban J connectivity index is 1.95. The van der Waals surface area contributed by atoms with Gasteiger partial charge in [0.25, 0.3) is 5.91 Å². The summed E-state index contributed by atoms with van der Waals surface area (Å²) in [5, 5.41) is 12.1. The molecule has 2 aromatic rings. The number of nitrogens with one attached hydrogen (secondary N) is 1. The third-order valence-corrected chi connectivity index (χ3v) is 4.46. The average Bonchev–Trinajstić information content (AvgIpc) is 2.98. The number of benzene rings is 1. The van der Waals surface area contributed by atoms with Crippen LogP contribution in [0, 0.1) is 0 Å². The van der Waals surface area contributed by atoms with Gasteiger partial charge in [0, 0.05) is 19.3 Å². The zero-order valence-corrected chi connectivity index (χ0v) is 15.0. The molecule has 0 unspecified atom stereocenters. The number of hydrogen-bond donors (Lipinski definition) is 2. The number of sulfonamides is 1. The Hall–Kier alpha value is -2.39. The van der Waals surface area contributed by atoms with E-state index < -0.39 is 10.0 Å². The van der Waals surface area contributed by atoms with E-state index in [1.54, 1.807) is 23.0 Å². The molecule has 0 bridgehead atoms. The molecule has 0 fully saturated rings. The van der Waals surface area contributed by atoms with Crippen LogP contribution in [0.1, 0.15) is 29.8 Å². The molecule has 9 heteroatoms. The molecule has 1 aromatic carbocycles. The summed E-state index contributed by atoms with van der Waals surface area (Å²) >= 11 is 0. The summed E-state index contributed by atoms with van der Waals surface area (Å²) in [6, 6.07) is 6.25. The number of amides is 1. The summed E-state index contributed by atoms with van der Waals surface area (Å²) in [6.07, 6.45) is 2.21. The number of hydrogen-bond acceptors (Lipinski definition) is 5. The minimum Gasteiger partial charge on any atom is -0.476 e. The lowest BCUT2D eigenvalue weighted by molar-refractivity contribution is 0.0950. The number of carbonyl (C=O) groups excluding carboxylic acids is 1. The van der Waals surface area contributed by atoms with Crippen molar-refractivity contribution in [3.8, 4) is 5.88 Å². The van der Waals surface area contributed by atoms with Crippen molar-refractivity contribution in [3.63, 3.8) is 0 Å². The highest BCUT2D eigenvalue weighted by molar-refractivity contribution is 7.89. The van der Waals surface area contributed by atoms with Gasteiger partial charge in [0.2, 0.25) is 15.9 Å². The molecule has 0 spiro atoms. The van der Waals surface area contributed by atoms with Crippen LogP contribution >= 0.6 is 0 Å². The van der Waals surface area contributed by atoms with Crippen LogP contribution in [0.25, 0.3) is 0 Å². The Kier molecular flexibility index (Phi) is 6.16. The number of nitrogens with two attached hydrogens (primary N) is 1. The molecule has 0 saturated heterocycles. The Bertz CT molecular complexity index is 828. The number of carbonyl (C=O) groups is 1. The fourth-order valence-corrected chi connectivity index (χ4v) is 2.74. The van der Waals surface area contributed by atoms with E-state index in [0.29, 0.717) is 37.6 Å². The van der Waals surface area contributed by atoms with E-state index in [2.05, 4.69) is 10.4 Å². The molecule has 0 aliphatic carbocycles. The minimum absolute atomic E-state index is 0.0635. The van der Waals surface area contributed by atoms with Crippen molar-refractivity contribution < 1.29 is 17.9 Å². The third-order valence-electron chi connectivity index (χ3n) is 3.53. The van der Waals surface area contributed by atoms with E-state index in [1.807, 2.05) is 13.8 Å². The number of aromatic nitrogens is 2. The molecule has 25 heavy (non-hydrogen) atoms. The smallest absolute Gasteiger partial charge is 0.258 e. The number of rotatable bonds is 8. The quantitative estimate of drug-likeness (QED) is 0.721. The maximum Gasteiger partial charge on any atom is 0.258 e. The van der Waals surface area contributed by atoms with E-state index in [1.165, 1.54) is 12.1 Å². The second-order valence-corrected chi connectivity index (χ2v) is 6.89. The molecular formula is C16H22N4O4S. The van der Waals surface area contributed by atoms with Gasteiger partial charge in [0.15, 0.2) is 0 Å². The van der Waals surface area contributed by atoms with Crippen molar-refractivity contribution >= 4 is 15.9 Å². The number of ether oxygens (including phenoxy) is 1. The standard InChI is InChI=1S/C16H22N4O4S/c1-3-20-11-14(16(19-20)24-4-2)15(21)18-10-9-12-5-7-13(8-6-12)25(17,22)23/h5-8,11H,3-4,9-10H2,1-2H3,(H,18,21)(H2,17,22,23). The second-order valence-electron chi connectivity index (χ2n) is 5.33. The predicted octanol–water partition coefficient (Wildman–Crippen LogP) is 0.922. The van der Waals surface area contributed by atoms with Gasteiger partial charge in [-0.25, -0.2) is 13.6 Å². The van der Waals surface area contributed by atoms with Crippen LogP contribution in [0.5, 0.6) is 5.88 Å². The third kappa shape index (κ3) is 5.04. The van der Waals surface area contributed by atoms with Gasteiger partial charge in [0.05, 0.1) is 11.5 Å². The van der Waals surface area contributed by atoms with Crippen molar-refractivity contribution in [2.75, 3.05) is 13.2 Å². The number of primary sulfonamides is 1. The molecule has 2 rings (SSSR count). The highest BCUT2D eigenvalue weighted by Gasteiger charge is 2.17. The van der Waals surface area contributed by atoms with E-state index in [0.717, 1.165) is 5.56 Å². The molecule has 1 aromatic heterocycles. The van der Waals surface area contributed by atoms with Crippen molar-refractivity contribution in [3.05, 3.63) is 41.6 Å².